The first-order valence-electron chi connectivity index (χ1n) is 11.0. The lowest BCUT2D eigenvalue weighted by Crippen LogP contribution is -2.59. The Labute approximate surface area is 197 Å². The second-order valence-electron chi connectivity index (χ2n) is 8.75. The Hall–Kier alpha value is -3.48. The van der Waals surface area contributed by atoms with Gasteiger partial charge < -0.3 is 37.5 Å². The quantitative estimate of drug-likeness (QED) is 0.163. The molecule has 4 amide bonds. The molecule has 0 radical (unpaired) electrons. The number of H-pyrrole nitrogens is 1. The van der Waals surface area contributed by atoms with Crippen LogP contribution in [0.5, 0.6) is 0 Å². The van der Waals surface area contributed by atoms with E-state index in [1.54, 1.807) is 27.7 Å². The second-order valence-corrected chi connectivity index (χ2v) is 8.75. The molecule has 0 aromatic carbocycles. The molecule has 9 N–H and O–H groups in total. The molecule has 0 bridgehead atoms. The van der Waals surface area contributed by atoms with Crippen molar-refractivity contribution in [2.45, 2.75) is 71.1 Å². The van der Waals surface area contributed by atoms with Crippen LogP contribution in [0.1, 0.15) is 46.2 Å². The smallest absolute Gasteiger partial charge is 0.326 e. The number of carboxylic acid groups (broad SMARTS) is 1. The predicted octanol–water partition coefficient (Wildman–Crippen LogP) is -1.60. The first-order chi connectivity index (χ1) is 15.8. The molecular formula is C21H35N7O6. The molecule has 1 aromatic heterocycles. The molecule has 0 saturated heterocycles. The van der Waals surface area contributed by atoms with Crippen LogP contribution in [0, 0.1) is 11.8 Å². The lowest BCUT2D eigenvalue weighted by atomic mass is 9.99. The summed E-state index contributed by atoms with van der Waals surface area (Å²) in [5, 5.41) is 16.8. The first kappa shape index (κ1) is 28.6. The molecule has 13 nitrogen and oxygen atoms in total. The van der Waals surface area contributed by atoms with E-state index < -0.39 is 59.7 Å². The van der Waals surface area contributed by atoms with Gasteiger partial charge in [-0.05, 0) is 18.3 Å². The van der Waals surface area contributed by atoms with Crippen LogP contribution in [0.3, 0.4) is 0 Å². The molecule has 13 heteroatoms. The number of aromatic nitrogens is 2. The standard InChI is InChI=1S/C21H35N7O6/c1-10(2)16(20(32)28-17(11(3)4)21(33)34)27-19(31)14(5-6-15(23)29)26-18(30)13(22)7-12-8-24-9-25-12/h8-11,13-14,16-17H,5-7,22H2,1-4H3,(H2,23,29)(H,24,25)(H,26,30)(H,27,31)(H,28,32)(H,33,34). The summed E-state index contributed by atoms with van der Waals surface area (Å²) in [6, 6.07) is -4.42. The van der Waals surface area contributed by atoms with E-state index in [2.05, 4.69) is 25.9 Å². The fraction of sp³-hybridized carbons (Fsp3) is 0.619. The second kappa shape index (κ2) is 13.3. The summed E-state index contributed by atoms with van der Waals surface area (Å²) < 4.78 is 0. The van der Waals surface area contributed by atoms with E-state index >= 15 is 0 Å². The molecule has 190 valence electrons. The Morgan fingerprint density at radius 1 is 0.971 bits per heavy atom. The van der Waals surface area contributed by atoms with E-state index in [4.69, 9.17) is 11.5 Å². The maximum absolute atomic E-state index is 13.0. The lowest BCUT2D eigenvalue weighted by Gasteiger charge is -2.27. The van der Waals surface area contributed by atoms with Gasteiger partial charge in [0, 0.05) is 24.7 Å². The number of aromatic amines is 1. The van der Waals surface area contributed by atoms with Gasteiger partial charge in [-0.1, -0.05) is 27.7 Å². The number of imidazole rings is 1. The largest absolute Gasteiger partial charge is 0.480 e. The molecule has 0 fully saturated rings. The molecule has 1 rings (SSSR count). The van der Waals surface area contributed by atoms with Crippen LogP contribution in [0.4, 0.5) is 0 Å². The average Bonchev–Trinajstić information content (AvgIpc) is 3.24. The zero-order valence-corrected chi connectivity index (χ0v) is 19.8. The van der Waals surface area contributed by atoms with Gasteiger partial charge in [-0.15, -0.1) is 0 Å². The molecule has 1 heterocycles. The van der Waals surface area contributed by atoms with Crippen LogP contribution in [0.15, 0.2) is 12.5 Å². The van der Waals surface area contributed by atoms with Gasteiger partial charge in [0.15, 0.2) is 0 Å². The number of primary amides is 1. The van der Waals surface area contributed by atoms with Crippen LogP contribution in [-0.2, 0) is 30.4 Å². The van der Waals surface area contributed by atoms with Gasteiger partial charge in [-0.2, -0.15) is 0 Å². The zero-order chi connectivity index (χ0) is 26.0. The Balaban J connectivity index is 2.94. The number of rotatable bonds is 14. The maximum Gasteiger partial charge on any atom is 0.326 e. The highest BCUT2D eigenvalue weighted by molar-refractivity contribution is 5.94. The fourth-order valence-corrected chi connectivity index (χ4v) is 3.11. The summed E-state index contributed by atoms with van der Waals surface area (Å²) >= 11 is 0. The Morgan fingerprint density at radius 2 is 1.56 bits per heavy atom. The fourth-order valence-electron chi connectivity index (χ4n) is 3.11. The van der Waals surface area contributed by atoms with Crippen LogP contribution < -0.4 is 27.4 Å². The number of carbonyl (C=O) groups excluding carboxylic acids is 4. The molecule has 4 unspecified atom stereocenters. The van der Waals surface area contributed by atoms with Crippen molar-refractivity contribution < 1.29 is 29.1 Å². The Kier molecular flexibility index (Phi) is 11.2. The molecule has 0 aliphatic carbocycles. The van der Waals surface area contributed by atoms with Gasteiger partial charge in [0.25, 0.3) is 0 Å². The molecule has 0 aliphatic rings. The summed E-state index contributed by atoms with van der Waals surface area (Å²) in [5.74, 6) is -4.71. The summed E-state index contributed by atoms with van der Waals surface area (Å²) in [5.41, 5.74) is 11.7. The van der Waals surface area contributed by atoms with E-state index in [0.29, 0.717) is 5.69 Å². The molecule has 1 aromatic rings. The molecule has 0 aliphatic heterocycles. The van der Waals surface area contributed by atoms with Crippen LogP contribution in [0.2, 0.25) is 0 Å². The predicted molar refractivity (Wildman–Crippen MR) is 122 cm³/mol. The lowest BCUT2D eigenvalue weighted by molar-refractivity contribution is -0.143. The number of nitrogens with zero attached hydrogens (tertiary/aromatic N) is 1. The number of nitrogens with two attached hydrogens (primary N) is 2. The van der Waals surface area contributed by atoms with Crippen molar-refractivity contribution in [1.29, 1.82) is 0 Å². The van der Waals surface area contributed by atoms with Gasteiger partial charge in [0.1, 0.15) is 18.1 Å². The SMILES string of the molecule is CC(C)C(NC(=O)C(NC(=O)C(CCC(N)=O)NC(=O)C(N)Cc1cnc[nH]1)C(C)C)C(=O)O. The van der Waals surface area contributed by atoms with Gasteiger partial charge in [0.05, 0.1) is 12.4 Å². The van der Waals surface area contributed by atoms with Crippen molar-refractivity contribution >= 4 is 29.6 Å². The van der Waals surface area contributed by atoms with Crippen LogP contribution >= 0.6 is 0 Å². The monoisotopic (exact) mass is 481 g/mol. The number of hydrogen-bond donors (Lipinski definition) is 7. The number of carboxylic acids is 1. The van der Waals surface area contributed by atoms with Crippen molar-refractivity contribution in [1.82, 2.24) is 25.9 Å². The van der Waals surface area contributed by atoms with E-state index in [9.17, 15) is 29.1 Å². The Morgan fingerprint density at radius 3 is 2.03 bits per heavy atom. The van der Waals surface area contributed by atoms with Gasteiger partial charge in [-0.3, -0.25) is 19.2 Å². The summed E-state index contributed by atoms with van der Waals surface area (Å²) in [7, 11) is 0. The summed E-state index contributed by atoms with van der Waals surface area (Å²) in [6.07, 6.45) is 2.78. The molecule has 34 heavy (non-hydrogen) atoms. The Bertz CT molecular complexity index is 856. The zero-order valence-electron chi connectivity index (χ0n) is 19.8. The van der Waals surface area contributed by atoms with Crippen LogP contribution in [0.25, 0.3) is 0 Å². The number of nitrogens with one attached hydrogen (secondary N) is 4. The summed E-state index contributed by atoms with van der Waals surface area (Å²) in [6.45, 7) is 6.63. The van der Waals surface area contributed by atoms with Crippen molar-refractivity contribution in [2.75, 3.05) is 0 Å². The summed E-state index contributed by atoms with van der Waals surface area (Å²) in [4.78, 5) is 67.7. The van der Waals surface area contributed by atoms with Gasteiger partial charge >= 0.3 is 5.97 Å². The third kappa shape index (κ3) is 9.17. The minimum Gasteiger partial charge on any atom is -0.480 e. The van der Waals surface area contributed by atoms with E-state index in [-0.39, 0.29) is 25.2 Å². The third-order valence-electron chi connectivity index (χ3n) is 5.12. The topological polar surface area (TPSA) is 222 Å². The van der Waals surface area contributed by atoms with Crippen LogP contribution in [-0.4, -0.2) is 68.8 Å². The molecule has 4 atom stereocenters. The van der Waals surface area contributed by atoms with Gasteiger partial charge in [0.2, 0.25) is 23.6 Å². The van der Waals surface area contributed by atoms with E-state index in [0.717, 1.165) is 0 Å². The van der Waals surface area contributed by atoms with Crippen molar-refractivity contribution in [3.63, 3.8) is 0 Å². The van der Waals surface area contributed by atoms with Crippen molar-refractivity contribution in [2.24, 2.45) is 23.3 Å². The number of aliphatic carboxylic acids is 1. The van der Waals surface area contributed by atoms with Crippen molar-refractivity contribution in [3.05, 3.63) is 18.2 Å². The minimum atomic E-state index is -1.20. The maximum atomic E-state index is 13.0. The molecular weight excluding hydrogens is 446 g/mol. The number of hydrogen-bond acceptors (Lipinski definition) is 7. The average molecular weight is 482 g/mol. The highest BCUT2D eigenvalue weighted by Crippen LogP contribution is 2.08. The van der Waals surface area contributed by atoms with Gasteiger partial charge in [-0.25, -0.2) is 9.78 Å². The molecule has 0 spiro atoms. The highest BCUT2D eigenvalue weighted by Gasteiger charge is 2.32. The van der Waals surface area contributed by atoms with E-state index in [1.165, 1.54) is 12.5 Å². The molecule has 0 saturated carbocycles. The number of carbonyl (C=O) groups is 5. The van der Waals surface area contributed by atoms with E-state index in [1.807, 2.05) is 0 Å². The minimum absolute atomic E-state index is 0.111. The third-order valence-corrected chi connectivity index (χ3v) is 5.12. The normalized spacial score (nSPS) is 14.7. The highest BCUT2D eigenvalue weighted by atomic mass is 16.4. The number of amides is 4. The first-order valence-corrected chi connectivity index (χ1v) is 11.0. The van der Waals surface area contributed by atoms with Crippen molar-refractivity contribution in [3.8, 4) is 0 Å².